The van der Waals surface area contributed by atoms with Crippen molar-refractivity contribution in [3.05, 3.63) is 81.9 Å². The second-order valence-electron chi connectivity index (χ2n) is 6.76. The molecule has 1 aliphatic heterocycles. The van der Waals surface area contributed by atoms with E-state index in [4.69, 9.17) is 0 Å². The van der Waals surface area contributed by atoms with Gasteiger partial charge in [-0.3, -0.25) is 14.5 Å². The predicted octanol–water partition coefficient (Wildman–Crippen LogP) is 4.09. The molecular weight excluding hydrogens is 388 g/mol. The number of thiazole rings is 1. The van der Waals surface area contributed by atoms with Crippen LogP contribution in [0.5, 0.6) is 5.75 Å². The Morgan fingerprint density at radius 2 is 1.69 bits per heavy atom. The van der Waals surface area contributed by atoms with Crippen LogP contribution in [0.4, 0.5) is 5.13 Å². The summed E-state index contributed by atoms with van der Waals surface area (Å²) in [6, 6.07) is 14.0. The minimum Gasteiger partial charge on any atom is -0.508 e. The maximum atomic E-state index is 13.0. The van der Waals surface area contributed by atoms with Crippen molar-refractivity contribution >= 4 is 33.9 Å². The summed E-state index contributed by atoms with van der Waals surface area (Å²) in [5.74, 6) is -1.69. The number of rotatable bonds is 3. The molecule has 1 saturated heterocycles. The van der Waals surface area contributed by atoms with Gasteiger partial charge in [0.1, 0.15) is 11.5 Å². The summed E-state index contributed by atoms with van der Waals surface area (Å²) in [5.41, 5.74) is 1.81. The van der Waals surface area contributed by atoms with Gasteiger partial charge in [-0.15, -0.1) is 11.3 Å². The lowest BCUT2D eigenvalue weighted by Crippen LogP contribution is -2.29. The molecule has 2 N–H and O–H groups in total. The highest BCUT2D eigenvalue weighted by molar-refractivity contribution is 7.16. The number of hydrogen-bond donors (Lipinski definition) is 2. The van der Waals surface area contributed by atoms with Crippen LogP contribution in [0.3, 0.4) is 0 Å². The molecule has 146 valence electrons. The van der Waals surface area contributed by atoms with E-state index >= 15 is 0 Å². The number of aliphatic hydroxyl groups excluding tert-OH is 1. The largest absolute Gasteiger partial charge is 0.508 e. The Balaban J connectivity index is 1.95. The molecule has 0 saturated carbocycles. The minimum absolute atomic E-state index is 0.00241. The smallest absolute Gasteiger partial charge is 0.301 e. The Kier molecular flexibility index (Phi) is 4.68. The lowest BCUT2D eigenvalue weighted by atomic mass is 9.95. The van der Waals surface area contributed by atoms with Gasteiger partial charge in [0.15, 0.2) is 5.13 Å². The standard InChI is InChI=1S/C22H18N2O4S/c1-12-13(2)29-22(23-12)24-18(14-8-10-16(25)11-9-14)17(20(27)21(24)28)19(26)15-6-4-3-5-7-15/h3-11,18,25-26H,1-2H3/b19-17+/t18-/m1/s1. The number of ketones is 1. The van der Waals surface area contributed by atoms with Gasteiger partial charge in [-0.1, -0.05) is 42.5 Å². The first-order chi connectivity index (χ1) is 13.9. The van der Waals surface area contributed by atoms with Crippen LogP contribution >= 0.6 is 11.3 Å². The molecule has 1 aliphatic rings. The quantitative estimate of drug-likeness (QED) is 0.388. The molecule has 7 heteroatoms. The molecule has 0 radical (unpaired) electrons. The number of amides is 1. The van der Waals surface area contributed by atoms with E-state index in [0.717, 1.165) is 10.6 Å². The molecule has 1 aromatic heterocycles. The molecule has 3 aromatic rings. The number of aromatic nitrogens is 1. The summed E-state index contributed by atoms with van der Waals surface area (Å²) in [5, 5.41) is 21.0. The third-order valence-electron chi connectivity index (χ3n) is 4.92. The van der Waals surface area contributed by atoms with Crippen molar-refractivity contribution in [2.24, 2.45) is 0 Å². The van der Waals surface area contributed by atoms with Crippen molar-refractivity contribution in [3.8, 4) is 5.75 Å². The monoisotopic (exact) mass is 406 g/mol. The van der Waals surface area contributed by atoms with Crippen LogP contribution in [0.1, 0.15) is 27.7 Å². The van der Waals surface area contributed by atoms with Gasteiger partial charge in [-0.25, -0.2) is 4.98 Å². The highest BCUT2D eigenvalue weighted by Gasteiger charge is 2.48. The Morgan fingerprint density at radius 1 is 1.03 bits per heavy atom. The summed E-state index contributed by atoms with van der Waals surface area (Å²) in [6.07, 6.45) is 0. The number of Topliss-reactive ketones (excluding diaryl/α,β-unsaturated/α-hetero) is 1. The number of benzene rings is 2. The molecule has 1 amide bonds. The van der Waals surface area contributed by atoms with Crippen molar-refractivity contribution < 1.29 is 19.8 Å². The molecule has 2 heterocycles. The highest BCUT2D eigenvalue weighted by atomic mass is 32.1. The second-order valence-corrected chi connectivity index (χ2v) is 7.95. The van der Waals surface area contributed by atoms with E-state index in [9.17, 15) is 19.8 Å². The molecule has 0 bridgehead atoms. The van der Waals surface area contributed by atoms with E-state index < -0.39 is 17.7 Å². The highest BCUT2D eigenvalue weighted by Crippen LogP contribution is 2.43. The molecule has 1 atom stereocenters. The third kappa shape index (κ3) is 3.19. The molecule has 0 spiro atoms. The zero-order valence-electron chi connectivity index (χ0n) is 15.8. The van der Waals surface area contributed by atoms with Crippen molar-refractivity contribution in [1.82, 2.24) is 4.98 Å². The summed E-state index contributed by atoms with van der Waals surface area (Å²) in [7, 11) is 0. The first-order valence-corrected chi connectivity index (χ1v) is 9.79. The van der Waals surface area contributed by atoms with Crippen LogP contribution < -0.4 is 4.90 Å². The van der Waals surface area contributed by atoms with Gasteiger partial charge in [-0.05, 0) is 31.5 Å². The number of aliphatic hydroxyl groups is 1. The number of carbonyl (C=O) groups is 2. The Morgan fingerprint density at radius 3 is 2.28 bits per heavy atom. The molecule has 2 aromatic carbocycles. The van der Waals surface area contributed by atoms with E-state index in [0.29, 0.717) is 16.3 Å². The fraction of sp³-hybridized carbons (Fsp3) is 0.136. The number of phenolic OH excluding ortho intramolecular Hbond substituents is 1. The number of aryl methyl sites for hydroxylation is 2. The van der Waals surface area contributed by atoms with Crippen LogP contribution in [0.2, 0.25) is 0 Å². The number of nitrogens with zero attached hydrogens (tertiary/aromatic N) is 2. The fourth-order valence-corrected chi connectivity index (χ4v) is 4.25. The summed E-state index contributed by atoms with van der Waals surface area (Å²) < 4.78 is 0. The summed E-state index contributed by atoms with van der Waals surface area (Å²) >= 11 is 1.32. The molecule has 4 rings (SSSR count). The van der Waals surface area contributed by atoms with Crippen molar-refractivity contribution in [2.45, 2.75) is 19.9 Å². The summed E-state index contributed by atoms with van der Waals surface area (Å²) in [4.78, 5) is 32.7. The number of hydrogen-bond acceptors (Lipinski definition) is 6. The maximum absolute atomic E-state index is 13.0. The molecule has 29 heavy (non-hydrogen) atoms. The minimum atomic E-state index is -0.847. The number of phenols is 1. The zero-order chi connectivity index (χ0) is 20.7. The molecule has 0 aliphatic carbocycles. The SMILES string of the molecule is Cc1nc(N2C(=O)C(=O)/C(=C(/O)c3ccccc3)[C@H]2c2ccc(O)cc2)sc1C. The third-order valence-corrected chi connectivity index (χ3v) is 6.00. The number of aromatic hydroxyl groups is 1. The van der Waals surface area contributed by atoms with Crippen LogP contribution in [-0.4, -0.2) is 26.9 Å². The van der Waals surface area contributed by atoms with Crippen LogP contribution in [0, 0.1) is 13.8 Å². The van der Waals surface area contributed by atoms with Gasteiger partial charge in [0.05, 0.1) is 17.3 Å². The number of anilines is 1. The van der Waals surface area contributed by atoms with Gasteiger partial charge in [0.25, 0.3) is 5.78 Å². The van der Waals surface area contributed by atoms with Crippen molar-refractivity contribution in [3.63, 3.8) is 0 Å². The Bertz CT molecular complexity index is 1110. The van der Waals surface area contributed by atoms with Crippen molar-refractivity contribution in [2.75, 3.05) is 4.90 Å². The Labute approximate surface area is 171 Å². The van der Waals surface area contributed by atoms with Crippen LogP contribution in [-0.2, 0) is 9.59 Å². The van der Waals surface area contributed by atoms with Gasteiger partial charge in [0.2, 0.25) is 0 Å². The molecule has 0 unspecified atom stereocenters. The van der Waals surface area contributed by atoms with Gasteiger partial charge < -0.3 is 10.2 Å². The van der Waals surface area contributed by atoms with Gasteiger partial charge in [0, 0.05) is 10.4 Å². The topological polar surface area (TPSA) is 90.7 Å². The van der Waals surface area contributed by atoms with Crippen LogP contribution in [0.25, 0.3) is 5.76 Å². The van der Waals surface area contributed by atoms with E-state index in [1.165, 1.54) is 28.4 Å². The molecule has 6 nitrogen and oxygen atoms in total. The Hall–Kier alpha value is -3.45. The average molecular weight is 406 g/mol. The van der Waals surface area contributed by atoms with E-state index in [2.05, 4.69) is 4.98 Å². The van der Waals surface area contributed by atoms with E-state index in [1.54, 1.807) is 42.5 Å². The van der Waals surface area contributed by atoms with E-state index in [-0.39, 0.29) is 17.1 Å². The predicted molar refractivity (Wildman–Crippen MR) is 111 cm³/mol. The molecular formula is C22H18N2O4S. The van der Waals surface area contributed by atoms with Gasteiger partial charge >= 0.3 is 5.91 Å². The zero-order valence-corrected chi connectivity index (χ0v) is 16.6. The van der Waals surface area contributed by atoms with Crippen LogP contribution in [0.15, 0.2) is 60.2 Å². The maximum Gasteiger partial charge on any atom is 0.301 e. The van der Waals surface area contributed by atoms with Crippen molar-refractivity contribution in [1.29, 1.82) is 0 Å². The van der Waals surface area contributed by atoms with E-state index in [1.807, 2.05) is 13.8 Å². The first-order valence-electron chi connectivity index (χ1n) is 8.98. The fourth-order valence-electron chi connectivity index (χ4n) is 3.31. The average Bonchev–Trinajstić information content (AvgIpc) is 3.18. The number of carbonyl (C=O) groups excluding carboxylic acids is 2. The second kappa shape index (κ2) is 7.18. The first kappa shape index (κ1) is 18.9. The molecule has 1 fully saturated rings. The lowest BCUT2D eigenvalue weighted by molar-refractivity contribution is -0.132. The normalized spacial score (nSPS) is 18.4. The van der Waals surface area contributed by atoms with Gasteiger partial charge in [-0.2, -0.15) is 0 Å². The summed E-state index contributed by atoms with van der Waals surface area (Å²) in [6.45, 7) is 3.73. The lowest BCUT2D eigenvalue weighted by Gasteiger charge is -2.23.